The van der Waals surface area contributed by atoms with Crippen LogP contribution in [0.25, 0.3) is 0 Å². The summed E-state index contributed by atoms with van der Waals surface area (Å²) >= 11 is 0. The van der Waals surface area contributed by atoms with Gasteiger partial charge in [-0.2, -0.15) is 0 Å². The molecule has 0 aliphatic rings. The van der Waals surface area contributed by atoms with E-state index >= 15 is 0 Å². The molecule has 3 nitrogen and oxygen atoms in total. The predicted molar refractivity (Wildman–Crippen MR) is 46.7 cm³/mol. The summed E-state index contributed by atoms with van der Waals surface area (Å²) in [6.45, 7) is 3.54. The lowest BCUT2D eigenvalue weighted by Crippen LogP contribution is -2.08. The number of nitrogens with two attached hydrogens (primary N) is 1. The van der Waals surface area contributed by atoms with Crippen molar-refractivity contribution < 1.29 is 4.79 Å². The zero-order valence-corrected chi connectivity index (χ0v) is 6.60. The van der Waals surface area contributed by atoms with Crippen molar-refractivity contribution in [2.75, 3.05) is 0 Å². The fourth-order valence-electron chi connectivity index (χ4n) is 0.842. The molecule has 0 aromatic carbocycles. The van der Waals surface area contributed by atoms with Gasteiger partial charge in [-0.25, -0.2) is 0 Å². The van der Waals surface area contributed by atoms with Crippen molar-refractivity contribution in [3.05, 3.63) is 42.2 Å². The van der Waals surface area contributed by atoms with E-state index < -0.39 is 0 Å². The molecule has 0 saturated heterocycles. The van der Waals surface area contributed by atoms with Gasteiger partial charge in [-0.1, -0.05) is 6.08 Å². The van der Waals surface area contributed by atoms with Crippen LogP contribution in [0.5, 0.6) is 0 Å². The first-order chi connectivity index (χ1) is 5.77. The zero-order chi connectivity index (χ0) is 8.97. The SMILES string of the molecule is C=CC(N)c1cc(C=O)ccn1. The minimum absolute atomic E-state index is 0.301. The number of pyridine rings is 1. The molecule has 0 aliphatic heterocycles. The number of nitrogens with zero attached hydrogens (tertiary/aromatic N) is 1. The van der Waals surface area contributed by atoms with Gasteiger partial charge in [0.2, 0.25) is 0 Å². The first-order valence-electron chi connectivity index (χ1n) is 3.57. The molecule has 0 aliphatic carbocycles. The Labute approximate surface area is 70.9 Å². The van der Waals surface area contributed by atoms with Gasteiger partial charge in [0, 0.05) is 11.8 Å². The predicted octanol–water partition coefficient (Wildman–Crippen LogP) is 1.08. The average Bonchev–Trinajstić information content (AvgIpc) is 2.17. The highest BCUT2D eigenvalue weighted by atomic mass is 16.1. The van der Waals surface area contributed by atoms with Gasteiger partial charge in [-0.3, -0.25) is 9.78 Å². The van der Waals surface area contributed by atoms with E-state index in [-0.39, 0.29) is 6.04 Å². The first kappa shape index (κ1) is 8.62. The van der Waals surface area contributed by atoms with Crippen LogP contribution >= 0.6 is 0 Å². The summed E-state index contributed by atoms with van der Waals surface area (Å²) in [5.41, 5.74) is 6.86. The third-order valence-electron chi connectivity index (χ3n) is 1.54. The molecule has 0 amide bonds. The number of carbonyl (C=O) groups is 1. The summed E-state index contributed by atoms with van der Waals surface area (Å²) in [7, 11) is 0. The fourth-order valence-corrected chi connectivity index (χ4v) is 0.842. The van der Waals surface area contributed by atoms with E-state index in [0.29, 0.717) is 11.3 Å². The lowest BCUT2D eigenvalue weighted by Gasteiger charge is -2.04. The van der Waals surface area contributed by atoms with Gasteiger partial charge in [0.05, 0.1) is 11.7 Å². The lowest BCUT2D eigenvalue weighted by molar-refractivity contribution is 0.112. The Morgan fingerprint density at radius 1 is 1.67 bits per heavy atom. The molecular weight excluding hydrogens is 152 g/mol. The van der Waals surface area contributed by atoms with Crippen molar-refractivity contribution in [3.8, 4) is 0 Å². The van der Waals surface area contributed by atoms with Crippen molar-refractivity contribution in [3.63, 3.8) is 0 Å². The summed E-state index contributed by atoms with van der Waals surface area (Å²) in [4.78, 5) is 14.4. The first-order valence-corrected chi connectivity index (χ1v) is 3.57. The maximum atomic E-state index is 10.4. The van der Waals surface area contributed by atoms with Crippen LogP contribution in [-0.2, 0) is 0 Å². The largest absolute Gasteiger partial charge is 0.319 e. The lowest BCUT2D eigenvalue weighted by atomic mass is 10.1. The molecule has 12 heavy (non-hydrogen) atoms. The second-order valence-electron chi connectivity index (χ2n) is 2.39. The van der Waals surface area contributed by atoms with Gasteiger partial charge in [0.15, 0.2) is 0 Å². The number of hydrogen-bond donors (Lipinski definition) is 1. The fraction of sp³-hybridized carbons (Fsp3) is 0.111. The summed E-state index contributed by atoms with van der Waals surface area (Å²) in [6, 6.07) is 2.98. The normalized spacial score (nSPS) is 12.1. The van der Waals surface area contributed by atoms with Crippen LogP contribution in [0.15, 0.2) is 31.0 Å². The standard InChI is InChI=1S/C9H10N2O/c1-2-8(10)9-5-7(6-12)3-4-11-9/h2-6,8H,1,10H2. The summed E-state index contributed by atoms with van der Waals surface area (Å²) in [5.74, 6) is 0. The summed E-state index contributed by atoms with van der Waals surface area (Å²) in [5, 5.41) is 0. The number of hydrogen-bond acceptors (Lipinski definition) is 3. The Morgan fingerprint density at radius 3 is 3.00 bits per heavy atom. The van der Waals surface area contributed by atoms with Gasteiger partial charge in [0.25, 0.3) is 0 Å². The van der Waals surface area contributed by atoms with Gasteiger partial charge in [0.1, 0.15) is 6.29 Å². The molecule has 0 radical (unpaired) electrons. The Bertz CT molecular complexity index is 296. The molecule has 0 fully saturated rings. The monoisotopic (exact) mass is 162 g/mol. The van der Waals surface area contributed by atoms with Crippen LogP contribution in [0.2, 0.25) is 0 Å². The van der Waals surface area contributed by atoms with Crippen molar-refractivity contribution in [1.82, 2.24) is 4.98 Å². The number of aromatic nitrogens is 1. The van der Waals surface area contributed by atoms with Crippen molar-refractivity contribution in [1.29, 1.82) is 0 Å². The summed E-state index contributed by atoms with van der Waals surface area (Å²) in [6.07, 6.45) is 3.90. The molecule has 1 atom stereocenters. The van der Waals surface area contributed by atoms with E-state index in [1.807, 2.05) is 0 Å². The van der Waals surface area contributed by atoms with Crippen LogP contribution in [0.3, 0.4) is 0 Å². The van der Waals surface area contributed by atoms with Crippen LogP contribution in [-0.4, -0.2) is 11.3 Å². The smallest absolute Gasteiger partial charge is 0.150 e. The molecule has 62 valence electrons. The molecule has 1 unspecified atom stereocenters. The van der Waals surface area contributed by atoms with E-state index in [1.165, 1.54) is 0 Å². The molecule has 0 spiro atoms. The molecule has 2 N–H and O–H groups in total. The number of carbonyl (C=O) groups excluding carboxylic acids is 1. The van der Waals surface area contributed by atoms with E-state index in [4.69, 9.17) is 5.73 Å². The highest BCUT2D eigenvalue weighted by molar-refractivity contribution is 5.74. The Morgan fingerprint density at radius 2 is 2.42 bits per heavy atom. The zero-order valence-electron chi connectivity index (χ0n) is 6.60. The molecule has 1 heterocycles. The van der Waals surface area contributed by atoms with Gasteiger partial charge >= 0.3 is 0 Å². The van der Waals surface area contributed by atoms with Crippen LogP contribution in [0.1, 0.15) is 22.1 Å². The number of rotatable bonds is 3. The second kappa shape index (κ2) is 3.78. The Kier molecular flexibility index (Phi) is 2.71. The molecule has 1 rings (SSSR count). The molecule has 3 heteroatoms. The van der Waals surface area contributed by atoms with E-state index in [2.05, 4.69) is 11.6 Å². The van der Waals surface area contributed by atoms with Crippen LogP contribution in [0.4, 0.5) is 0 Å². The highest BCUT2D eigenvalue weighted by Gasteiger charge is 2.02. The molecular formula is C9H10N2O. The Hall–Kier alpha value is -1.48. The maximum absolute atomic E-state index is 10.4. The van der Waals surface area contributed by atoms with E-state index in [9.17, 15) is 4.79 Å². The average molecular weight is 162 g/mol. The van der Waals surface area contributed by atoms with Crippen LogP contribution in [0, 0.1) is 0 Å². The topological polar surface area (TPSA) is 56.0 Å². The van der Waals surface area contributed by atoms with Gasteiger partial charge in [-0.15, -0.1) is 6.58 Å². The molecule has 0 bridgehead atoms. The minimum atomic E-state index is -0.301. The van der Waals surface area contributed by atoms with Crippen molar-refractivity contribution in [2.45, 2.75) is 6.04 Å². The van der Waals surface area contributed by atoms with Crippen LogP contribution < -0.4 is 5.73 Å². The van der Waals surface area contributed by atoms with Crippen molar-refractivity contribution >= 4 is 6.29 Å². The third-order valence-corrected chi connectivity index (χ3v) is 1.54. The van der Waals surface area contributed by atoms with E-state index in [1.54, 1.807) is 24.4 Å². The van der Waals surface area contributed by atoms with Crippen molar-refractivity contribution in [2.24, 2.45) is 5.73 Å². The molecule has 1 aromatic heterocycles. The maximum Gasteiger partial charge on any atom is 0.150 e. The Balaban J connectivity index is 3.00. The second-order valence-corrected chi connectivity index (χ2v) is 2.39. The quantitative estimate of drug-likeness (QED) is 0.534. The van der Waals surface area contributed by atoms with Gasteiger partial charge < -0.3 is 5.73 Å². The summed E-state index contributed by atoms with van der Waals surface area (Å²) < 4.78 is 0. The number of aldehydes is 1. The third kappa shape index (κ3) is 1.77. The minimum Gasteiger partial charge on any atom is -0.319 e. The van der Waals surface area contributed by atoms with Gasteiger partial charge in [-0.05, 0) is 12.1 Å². The highest BCUT2D eigenvalue weighted by Crippen LogP contribution is 2.08. The molecule has 0 saturated carbocycles. The van der Waals surface area contributed by atoms with E-state index in [0.717, 1.165) is 6.29 Å². The molecule has 1 aromatic rings.